The van der Waals surface area contributed by atoms with Gasteiger partial charge in [-0.25, -0.2) is 0 Å². The molecular formula is C12H24N6O. The first kappa shape index (κ1) is 15.4. The van der Waals surface area contributed by atoms with Crippen molar-refractivity contribution in [2.24, 2.45) is 0 Å². The number of carbonyl (C=O) groups is 1. The average Bonchev–Trinajstić information content (AvgIpc) is 2.81. The molecule has 0 aliphatic carbocycles. The number of aromatic nitrogens is 3. The average molecular weight is 268 g/mol. The van der Waals surface area contributed by atoms with Gasteiger partial charge in [0.2, 0.25) is 11.8 Å². The molecule has 7 heteroatoms. The van der Waals surface area contributed by atoms with Crippen LogP contribution in [0.25, 0.3) is 0 Å². The minimum Gasteiger partial charge on any atom is -0.366 e. The molecule has 0 saturated carbocycles. The first-order valence-corrected chi connectivity index (χ1v) is 6.77. The fourth-order valence-electron chi connectivity index (χ4n) is 1.90. The Labute approximate surface area is 114 Å². The molecule has 0 saturated heterocycles. The lowest BCUT2D eigenvalue weighted by molar-refractivity contribution is 0.0927. The lowest BCUT2D eigenvalue weighted by atomic mass is 10.1. The summed E-state index contributed by atoms with van der Waals surface area (Å²) in [7, 11) is 0. The summed E-state index contributed by atoms with van der Waals surface area (Å²) in [5.41, 5.74) is 5.35. The Bertz CT molecular complexity index is 387. The number of nitrogen functional groups attached to an aromatic ring is 1. The molecule has 0 spiro atoms. The summed E-state index contributed by atoms with van der Waals surface area (Å²) < 4.78 is 0. The summed E-state index contributed by atoms with van der Waals surface area (Å²) in [6.07, 6.45) is 1.99. The lowest BCUT2D eigenvalue weighted by Gasteiger charge is -2.19. The summed E-state index contributed by atoms with van der Waals surface area (Å²) in [6.45, 7) is 9.48. The highest BCUT2D eigenvalue weighted by Crippen LogP contribution is 2.01. The first-order valence-electron chi connectivity index (χ1n) is 6.77. The van der Waals surface area contributed by atoms with Crippen LogP contribution in [0.4, 0.5) is 5.95 Å². The van der Waals surface area contributed by atoms with Gasteiger partial charge in [0.25, 0.3) is 5.91 Å². The molecule has 0 radical (unpaired) electrons. The molecule has 1 aromatic rings. The van der Waals surface area contributed by atoms with Crippen LogP contribution in [-0.4, -0.2) is 51.7 Å². The van der Waals surface area contributed by atoms with Crippen LogP contribution in [-0.2, 0) is 0 Å². The van der Waals surface area contributed by atoms with Crippen molar-refractivity contribution in [1.82, 2.24) is 25.4 Å². The standard InChI is InChI=1S/C12H24N6O/c1-4-18(5-2)8-6-7-9(3)14-11(19)10-15-12(13)17-16-10/h9H,4-8H2,1-3H3,(H,14,19)(H3,13,15,16,17). The van der Waals surface area contributed by atoms with E-state index in [9.17, 15) is 4.79 Å². The SMILES string of the molecule is CCN(CC)CCCC(C)NC(=O)c1nc(N)n[nH]1. The van der Waals surface area contributed by atoms with Gasteiger partial charge < -0.3 is 16.0 Å². The largest absolute Gasteiger partial charge is 0.366 e. The van der Waals surface area contributed by atoms with E-state index in [1.165, 1.54) is 0 Å². The minimum atomic E-state index is -0.264. The zero-order valence-corrected chi connectivity index (χ0v) is 11.9. The van der Waals surface area contributed by atoms with Gasteiger partial charge in [-0.15, -0.1) is 5.10 Å². The number of aromatic amines is 1. The topological polar surface area (TPSA) is 99.9 Å². The minimum absolute atomic E-state index is 0.0827. The summed E-state index contributed by atoms with van der Waals surface area (Å²) in [4.78, 5) is 17.9. The Morgan fingerprint density at radius 1 is 1.47 bits per heavy atom. The van der Waals surface area contributed by atoms with E-state index < -0.39 is 0 Å². The summed E-state index contributed by atoms with van der Waals surface area (Å²) in [6, 6.07) is 0.106. The Kier molecular flexibility index (Phi) is 6.27. The van der Waals surface area contributed by atoms with E-state index in [1.54, 1.807) is 0 Å². The Morgan fingerprint density at radius 3 is 2.68 bits per heavy atom. The molecule has 1 rings (SSSR count). The number of hydrogen-bond acceptors (Lipinski definition) is 5. The quantitative estimate of drug-likeness (QED) is 0.642. The molecule has 0 aliphatic heterocycles. The normalized spacial score (nSPS) is 12.6. The van der Waals surface area contributed by atoms with Crippen LogP contribution in [0.2, 0.25) is 0 Å². The van der Waals surface area contributed by atoms with E-state index in [1.807, 2.05) is 6.92 Å². The lowest BCUT2D eigenvalue weighted by Crippen LogP contribution is -2.34. The van der Waals surface area contributed by atoms with Gasteiger partial charge in [-0.05, 0) is 39.4 Å². The highest BCUT2D eigenvalue weighted by molar-refractivity contribution is 5.90. The number of hydrogen-bond donors (Lipinski definition) is 3. The molecule has 0 fully saturated rings. The number of H-pyrrole nitrogens is 1. The molecule has 0 bridgehead atoms. The number of amides is 1. The maximum Gasteiger partial charge on any atom is 0.288 e. The van der Waals surface area contributed by atoms with Crippen molar-refractivity contribution in [3.05, 3.63) is 5.82 Å². The van der Waals surface area contributed by atoms with Crippen LogP contribution in [0.5, 0.6) is 0 Å². The molecule has 108 valence electrons. The molecule has 1 amide bonds. The van der Waals surface area contributed by atoms with Crippen molar-refractivity contribution in [2.75, 3.05) is 25.4 Å². The monoisotopic (exact) mass is 268 g/mol. The van der Waals surface area contributed by atoms with Gasteiger partial charge in [0, 0.05) is 6.04 Å². The van der Waals surface area contributed by atoms with E-state index >= 15 is 0 Å². The maximum absolute atomic E-state index is 11.8. The molecule has 0 aromatic carbocycles. The number of anilines is 1. The molecule has 1 unspecified atom stereocenters. The molecule has 1 atom stereocenters. The number of rotatable bonds is 8. The van der Waals surface area contributed by atoms with E-state index in [0.29, 0.717) is 0 Å². The summed E-state index contributed by atoms with van der Waals surface area (Å²) >= 11 is 0. The summed E-state index contributed by atoms with van der Waals surface area (Å²) in [5, 5.41) is 9.00. The van der Waals surface area contributed by atoms with Crippen LogP contribution in [0.15, 0.2) is 0 Å². The van der Waals surface area contributed by atoms with Crippen molar-refractivity contribution in [2.45, 2.75) is 39.7 Å². The van der Waals surface area contributed by atoms with E-state index in [-0.39, 0.29) is 23.7 Å². The third kappa shape index (κ3) is 5.25. The molecule has 4 N–H and O–H groups in total. The van der Waals surface area contributed by atoms with E-state index in [4.69, 9.17) is 5.73 Å². The predicted molar refractivity (Wildman–Crippen MR) is 74.7 cm³/mol. The van der Waals surface area contributed by atoms with E-state index in [0.717, 1.165) is 32.5 Å². The molecule has 1 heterocycles. The van der Waals surface area contributed by atoms with Crippen LogP contribution < -0.4 is 11.1 Å². The molecule has 1 aromatic heterocycles. The highest BCUT2D eigenvalue weighted by atomic mass is 16.2. The molecule has 19 heavy (non-hydrogen) atoms. The van der Waals surface area contributed by atoms with Gasteiger partial charge in [0.1, 0.15) is 0 Å². The van der Waals surface area contributed by atoms with Crippen LogP contribution >= 0.6 is 0 Å². The number of nitrogens with two attached hydrogens (primary N) is 1. The van der Waals surface area contributed by atoms with Crippen LogP contribution in [0, 0.1) is 0 Å². The van der Waals surface area contributed by atoms with Gasteiger partial charge in [0.15, 0.2) is 0 Å². The van der Waals surface area contributed by atoms with Crippen molar-refractivity contribution in [3.8, 4) is 0 Å². The second-order valence-corrected chi connectivity index (χ2v) is 4.59. The fourth-order valence-corrected chi connectivity index (χ4v) is 1.90. The van der Waals surface area contributed by atoms with Gasteiger partial charge in [-0.3, -0.25) is 9.89 Å². The predicted octanol–water partition coefficient (Wildman–Crippen LogP) is 0.627. The molecule has 0 aliphatic rings. The maximum atomic E-state index is 11.8. The second kappa shape index (κ2) is 7.73. The number of carbonyl (C=O) groups excluding carboxylic acids is 1. The molecular weight excluding hydrogens is 244 g/mol. The van der Waals surface area contributed by atoms with Crippen molar-refractivity contribution in [1.29, 1.82) is 0 Å². The van der Waals surface area contributed by atoms with Crippen molar-refractivity contribution < 1.29 is 4.79 Å². The van der Waals surface area contributed by atoms with Crippen LogP contribution in [0.1, 0.15) is 44.2 Å². The first-order chi connectivity index (χ1) is 9.06. The Hall–Kier alpha value is -1.63. The number of nitrogens with zero attached hydrogens (tertiary/aromatic N) is 3. The van der Waals surface area contributed by atoms with Gasteiger partial charge in [0.05, 0.1) is 0 Å². The summed E-state index contributed by atoms with van der Waals surface area (Å²) in [5.74, 6) is -0.0213. The molecule has 7 nitrogen and oxygen atoms in total. The van der Waals surface area contributed by atoms with Crippen LogP contribution in [0.3, 0.4) is 0 Å². The Morgan fingerprint density at radius 2 is 2.16 bits per heavy atom. The smallest absolute Gasteiger partial charge is 0.288 e. The second-order valence-electron chi connectivity index (χ2n) is 4.59. The highest BCUT2D eigenvalue weighted by Gasteiger charge is 2.13. The number of nitrogens with one attached hydrogen (secondary N) is 2. The van der Waals surface area contributed by atoms with Crippen molar-refractivity contribution >= 4 is 11.9 Å². The zero-order chi connectivity index (χ0) is 14.3. The zero-order valence-electron chi connectivity index (χ0n) is 11.9. The Balaban J connectivity index is 2.27. The van der Waals surface area contributed by atoms with E-state index in [2.05, 4.69) is 39.2 Å². The third-order valence-electron chi connectivity index (χ3n) is 3.10. The van der Waals surface area contributed by atoms with Crippen molar-refractivity contribution in [3.63, 3.8) is 0 Å². The third-order valence-corrected chi connectivity index (χ3v) is 3.10. The fraction of sp³-hybridized carbons (Fsp3) is 0.750. The van der Waals surface area contributed by atoms with Gasteiger partial charge in [-0.2, -0.15) is 4.98 Å². The van der Waals surface area contributed by atoms with Gasteiger partial charge in [-0.1, -0.05) is 13.8 Å². The van der Waals surface area contributed by atoms with Gasteiger partial charge >= 0.3 is 0 Å².